The maximum atomic E-state index is 12.0. The number of rotatable bonds is 5. The SMILES string of the molecule is CNCC(C)C(=O)NC(C)(C)c1ccc(Br)cc1.Cl. The van der Waals surface area contributed by atoms with Crippen LogP contribution >= 0.6 is 28.3 Å². The van der Waals surface area contributed by atoms with Crippen LogP contribution in [0.25, 0.3) is 0 Å². The molecule has 0 aliphatic heterocycles. The van der Waals surface area contributed by atoms with E-state index in [-0.39, 0.29) is 29.8 Å². The molecule has 108 valence electrons. The third-order valence-electron chi connectivity index (χ3n) is 2.96. The van der Waals surface area contributed by atoms with Crippen LogP contribution < -0.4 is 10.6 Å². The molecule has 0 aliphatic rings. The molecule has 1 aromatic carbocycles. The van der Waals surface area contributed by atoms with Gasteiger partial charge in [-0.2, -0.15) is 0 Å². The van der Waals surface area contributed by atoms with E-state index in [0.717, 1.165) is 10.0 Å². The average molecular weight is 350 g/mol. The molecular weight excluding hydrogens is 328 g/mol. The van der Waals surface area contributed by atoms with Crippen molar-refractivity contribution in [2.75, 3.05) is 13.6 Å². The van der Waals surface area contributed by atoms with Crippen LogP contribution in [0.5, 0.6) is 0 Å². The van der Waals surface area contributed by atoms with E-state index in [4.69, 9.17) is 0 Å². The highest BCUT2D eigenvalue weighted by molar-refractivity contribution is 9.10. The summed E-state index contributed by atoms with van der Waals surface area (Å²) in [5, 5.41) is 6.10. The molecule has 1 amide bonds. The second kappa shape index (κ2) is 7.88. The van der Waals surface area contributed by atoms with Crippen molar-refractivity contribution in [1.82, 2.24) is 10.6 Å². The Labute approximate surface area is 130 Å². The molecule has 0 saturated carbocycles. The van der Waals surface area contributed by atoms with Crippen LogP contribution in [-0.4, -0.2) is 19.5 Å². The van der Waals surface area contributed by atoms with Crippen molar-refractivity contribution in [1.29, 1.82) is 0 Å². The van der Waals surface area contributed by atoms with Gasteiger partial charge in [0.15, 0.2) is 0 Å². The zero-order chi connectivity index (χ0) is 13.8. The molecule has 3 nitrogen and oxygen atoms in total. The van der Waals surface area contributed by atoms with Gasteiger partial charge in [-0.1, -0.05) is 35.0 Å². The summed E-state index contributed by atoms with van der Waals surface area (Å²) in [6.07, 6.45) is 0. The van der Waals surface area contributed by atoms with Gasteiger partial charge < -0.3 is 10.6 Å². The lowest BCUT2D eigenvalue weighted by molar-refractivity contribution is -0.126. The van der Waals surface area contributed by atoms with E-state index >= 15 is 0 Å². The second-order valence-electron chi connectivity index (χ2n) is 5.08. The smallest absolute Gasteiger partial charge is 0.224 e. The van der Waals surface area contributed by atoms with Crippen LogP contribution in [0.3, 0.4) is 0 Å². The highest BCUT2D eigenvalue weighted by Crippen LogP contribution is 2.22. The van der Waals surface area contributed by atoms with Crippen LogP contribution in [0, 0.1) is 5.92 Å². The zero-order valence-corrected chi connectivity index (χ0v) is 14.2. The summed E-state index contributed by atoms with van der Waals surface area (Å²) in [4.78, 5) is 12.0. The Kier molecular flexibility index (Phi) is 7.64. The summed E-state index contributed by atoms with van der Waals surface area (Å²) in [7, 11) is 1.85. The first-order valence-electron chi connectivity index (χ1n) is 6.09. The highest BCUT2D eigenvalue weighted by Gasteiger charge is 2.24. The van der Waals surface area contributed by atoms with Crippen LogP contribution in [0.4, 0.5) is 0 Å². The minimum Gasteiger partial charge on any atom is -0.347 e. The van der Waals surface area contributed by atoms with Gasteiger partial charge in [-0.3, -0.25) is 4.79 Å². The molecule has 0 heterocycles. The van der Waals surface area contributed by atoms with Gasteiger partial charge in [-0.05, 0) is 38.6 Å². The maximum Gasteiger partial charge on any atom is 0.224 e. The zero-order valence-electron chi connectivity index (χ0n) is 11.8. The van der Waals surface area contributed by atoms with Gasteiger partial charge in [0.1, 0.15) is 0 Å². The number of carbonyl (C=O) groups is 1. The van der Waals surface area contributed by atoms with E-state index in [0.29, 0.717) is 6.54 Å². The first-order chi connectivity index (χ1) is 8.36. The van der Waals surface area contributed by atoms with E-state index in [2.05, 4.69) is 26.6 Å². The van der Waals surface area contributed by atoms with Crippen molar-refractivity contribution in [2.45, 2.75) is 26.3 Å². The summed E-state index contributed by atoms with van der Waals surface area (Å²) in [5.74, 6) is 0.0296. The van der Waals surface area contributed by atoms with Gasteiger partial charge >= 0.3 is 0 Å². The van der Waals surface area contributed by atoms with Crippen molar-refractivity contribution >= 4 is 34.2 Å². The molecule has 0 saturated heterocycles. The maximum absolute atomic E-state index is 12.0. The molecule has 1 unspecified atom stereocenters. The van der Waals surface area contributed by atoms with Gasteiger partial charge in [0.05, 0.1) is 5.54 Å². The Bertz CT molecular complexity index is 406. The summed E-state index contributed by atoms with van der Waals surface area (Å²) in [6, 6.07) is 8.01. The molecular formula is C14H22BrClN2O. The molecule has 19 heavy (non-hydrogen) atoms. The Balaban J connectivity index is 0.00000324. The van der Waals surface area contributed by atoms with Crippen LogP contribution in [0.1, 0.15) is 26.3 Å². The summed E-state index contributed by atoms with van der Waals surface area (Å²) >= 11 is 3.41. The summed E-state index contributed by atoms with van der Waals surface area (Å²) in [5.41, 5.74) is 0.732. The third kappa shape index (κ3) is 5.51. The summed E-state index contributed by atoms with van der Waals surface area (Å²) in [6.45, 7) is 6.63. The lowest BCUT2D eigenvalue weighted by atomic mass is 9.93. The van der Waals surface area contributed by atoms with Crippen LogP contribution in [0.15, 0.2) is 28.7 Å². The van der Waals surface area contributed by atoms with E-state index in [1.54, 1.807) is 0 Å². The van der Waals surface area contributed by atoms with Gasteiger partial charge in [0.2, 0.25) is 5.91 Å². The predicted molar refractivity (Wildman–Crippen MR) is 85.6 cm³/mol. The van der Waals surface area contributed by atoms with E-state index in [1.165, 1.54) is 0 Å². The van der Waals surface area contributed by atoms with Gasteiger partial charge in [0.25, 0.3) is 0 Å². The lowest BCUT2D eigenvalue weighted by Crippen LogP contribution is -2.45. The minimum atomic E-state index is -0.361. The molecule has 0 aromatic heterocycles. The number of carbonyl (C=O) groups excluding carboxylic acids is 1. The van der Waals surface area contributed by atoms with E-state index in [9.17, 15) is 4.79 Å². The molecule has 5 heteroatoms. The quantitative estimate of drug-likeness (QED) is 0.858. The largest absolute Gasteiger partial charge is 0.347 e. The number of nitrogens with one attached hydrogen (secondary N) is 2. The molecule has 0 fully saturated rings. The molecule has 2 N–H and O–H groups in total. The summed E-state index contributed by atoms with van der Waals surface area (Å²) < 4.78 is 1.04. The number of hydrogen-bond acceptors (Lipinski definition) is 2. The fraction of sp³-hybridized carbons (Fsp3) is 0.500. The molecule has 0 radical (unpaired) electrons. The molecule has 1 atom stereocenters. The normalized spacial score (nSPS) is 12.5. The van der Waals surface area contributed by atoms with Gasteiger partial charge in [0, 0.05) is 16.9 Å². The van der Waals surface area contributed by atoms with Crippen molar-refractivity contribution in [3.63, 3.8) is 0 Å². The Morgan fingerprint density at radius 3 is 2.32 bits per heavy atom. The van der Waals surface area contributed by atoms with Crippen molar-refractivity contribution in [2.24, 2.45) is 5.92 Å². The van der Waals surface area contributed by atoms with E-state index in [1.807, 2.05) is 52.1 Å². The Morgan fingerprint density at radius 1 is 1.32 bits per heavy atom. The fourth-order valence-corrected chi connectivity index (χ4v) is 2.03. The predicted octanol–water partition coefficient (Wildman–Crippen LogP) is 3.08. The van der Waals surface area contributed by atoms with Crippen LogP contribution in [-0.2, 0) is 10.3 Å². The lowest BCUT2D eigenvalue weighted by Gasteiger charge is -2.28. The van der Waals surface area contributed by atoms with Crippen molar-refractivity contribution < 1.29 is 4.79 Å². The number of halogens is 2. The molecule has 0 spiro atoms. The van der Waals surface area contributed by atoms with Gasteiger partial charge in [-0.15, -0.1) is 12.4 Å². The molecule has 1 rings (SSSR count). The fourth-order valence-electron chi connectivity index (χ4n) is 1.77. The molecule has 0 aliphatic carbocycles. The van der Waals surface area contributed by atoms with E-state index < -0.39 is 0 Å². The van der Waals surface area contributed by atoms with Crippen molar-refractivity contribution in [3.05, 3.63) is 34.3 Å². The van der Waals surface area contributed by atoms with Crippen molar-refractivity contribution in [3.8, 4) is 0 Å². The van der Waals surface area contributed by atoms with Gasteiger partial charge in [-0.25, -0.2) is 0 Å². The molecule has 1 aromatic rings. The molecule has 0 bridgehead atoms. The number of benzene rings is 1. The first kappa shape index (κ1) is 18.4. The van der Waals surface area contributed by atoms with Crippen LogP contribution in [0.2, 0.25) is 0 Å². The Hall–Kier alpha value is -0.580. The third-order valence-corrected chi connectivity index (χ3v) is 3.49. The second-order valence-corrected chi connectivity index (χ2v) is 6.00. The average Bonchev–Trinajstić information content (AvgIpc) is 2.29. The number of amides is 1. The Morgan fingerprint density at radius 2 is 1.84 bits per heavy atom. The number of hydrogen-bond donors (Lipinski definition) is 2. The monoisotopic (exact) mass is 348 g/mol. The highest BCUT2D eigenvalue weighted by atomic mass is 79.9. The topological polar surface area (TPSA) is 41.1 Å². The minimum absolute atomic E-state index is 0. The first-order valence-corrected chi connectivity index (χ1v) is 6.89. The standard InChI is InChI=1S/C14H21BrN2O.ClH/c1-10(9-16-4)13(18)17-14(2,3)11-5-7-12(15)8-6-11;/h5-8,10,16H,9H2,1-4H3,(H,17,18);1H.